The van der Waals surface area contributed by atoms with Crippen LogP contribution in [0.15, 0.2) is 18.2 Å². The van der Waals surface area contributed by atoms with Gasteiger partial charge in [0, 0.05) is 11.6 Å². The zero-order valence-electron chi connectivity index (χ0n) is 9.92. The maximum absolute atomic E-state index is 13.4. The van der Waals surface area contributed by atoms with Gasteiger partial charge in [-0.1, -0.05) is 0 Å². The second-order valence-corrected chi connectivity index (χ2v) is 5.00. The van der Waals surface area contributed by atoms with Gasteiger partial charge in [-0.05, 0) is 56.8 Å². The topological polar surface area (TPSA) is 21.3 Å². The molecule has 2 aliphatic rings. The smallest absolute Gasteiger partial charge is 0.124 e. The van der Waals surface area contributed by atoms with E-state index < -0.39 is 0 Å². The summed E-state index contributed by atoms with van der Waals surface area (Å²) >= 11 is 0. The normalized spacial score (nSPS) is 24.6. The van der Waals surface area contributed by atoms with Crippen LogP contribution >= 0.6 is 0 Å². The lowest BCUT2D eigenvalue weighted by molar-refractivity contribution is 0.118. The average Bonchev–Trinajstić information content (AvgIpc) is 2.78. The molecule has 1 N–H and O–H groups in total. The molecule has 2 fully saturated rings. The van der Waals surface area contributed by atoms with Crippen LogP contribution in [0.3, 0.4) is 0 Å². The maximum atomic E-state index is 13.4. The van der Waals surface area contributed by atoms with E-state index in [0.717, 1.165) is 43.5 Å². The number of ether oxygens (including phenoxy) is 1. The van der Waals surface area contributed by atoms with Crippen LogP contribution in [0.25, 0.3) is 0 Å². The van der Waals surface area contributed by atoms with E-state index in [4.69, 9.17) is 4.74 Å². The molecule has 1 unspecified atom stereocenters. The number of benzene rings is 1. The summed E-state index contributed by atoms with van der Waals surface area (Å²) in [5.41, 5.74) is 0.995. The van der Waals surface area contributed by atoms with E-state index in [1.807, 2.05) is 0 Å². The van der Waals surface area contributed by atoms with E-state index >= 15 is 0 Å². The maximum Gasteiger partial charge on any atom is 0.124 e. The number of hydrogen-bond acceptors (Lipinski definition) is 2. The van der Waals surface area contributed by atoms with E-state index in [9.17, 15) is 4.39 Å². The monoisotopic (exact) mass is 235 g/mol. The van der Waals surface area contributed by atoms with Gasteiger partial charge in [0.1, 0.15) is 11.6 Å². The molecule has 17 heavy (non-hydrogen) atoms. The third-order valence-electron chi connectivity index (χ3n) is 3.75. The molecule has 1 aliphatic carbocycles. The van der Waals surface area contributed by atoms with E-state index in [2.05, 4.69) is 5.32 Å². The number of nitrogens with one attached hydrogen (secondary N) is 1. The fraction of sp³-hybridized carbons (Fsp3) is 0.571. The summed E-state index contributed by atoms with van der Waals surface area (Å²) in [6, 6.07) is 5.16. The second kappa shape index (κ2) is 4.65. The van der Waals surface area contributed by atoms with Gasteiger partial charge in [-0.2, -0.15) is 0 Å². The van der Waals surface area contributed by atoms with Crippen molar-refractivity contribution in [1.82, 2.24) is 5.32 Å². The van der Waals surface area contributed by atoms with Crippen molar-refractivity contribution in [3.8, 4) is 5.75 Å². The van der Waals surface area contributed by atoms with Crippen LogP contribution in [0.5, 0.6) is 5.75 Å². The third-order valence-corrected chi connectivity index (χ3v) is 3.75. The van der Waals surface area contributed by atoms with Gasteiger partial charge in [-0.3, -0.25) is 0 Å². The quantitative estimate of drug-likeness (QED) is 0.868. The number of rotatable bonds is 3. The molecule has 1 heterocycles. The Morgan fingerprint density at radius 1 is 1.18 bits per heavy atom. The van der Waals surface area contributed by atoms with Crippen molar-refractivity contribution in [3.63, 3.8) is 0 Å². The van der Waals surface area contributed by atoms with Crippen molar-refractivity contribution in [1.29, 1.82) is 0 Å². The second-order valence-electron chi connectivity index (χ2n) is 5.00. The molecule has 1 saturated heterocycles. The molecule has 0 bridgehead atoms. The summed E-state index contributed by atoms with van der Waals surface area (Å²) in [4.78, 5) is 0. The summed E-state index contributed by atoms with van der Waals surface area (Å²) in [7, 11) is 0. The van der Waals surface area contributed by atoms with Gasteiger partial charge in [0.15, 0.2) is 0 Å². The minimum Gasteiger partial charge on any atom is -0.490 e. The highest BCUT2D eigenvalue weighted by molar-refractivity contribution is 5.37. The van der Waals surface area contributed by atoms with Gasteiger partial charge in [-0.25, -0.2) is 4.39 Å². The number of hydrogen-bond donors (Lipinski definition) is 1. The molecule has 1 aromatic rings. The van der Waals surface area contributed by atoms with Gasteiger partial charge >= 0.3 is 0 Å². The van der Waals surface area contributed by atoms with Gasteiger partial charge in [0.2, 0.25) is 0 Å². The Bertz CT molecular complexity index is 397. The molecule has 0 aromatic heterocycles. The summed E-state index contributed by atoms with van der Waals surface area (Å²) in [6.45, 7) is 1.02. The number of halogens is 1. The molecule has 0 amide bonds. The van der Waals surface area contributed by atoms with Crippen LogP contribution in [-0.4, -0.2) is 12.6 Å². The predicted molar refractivity (Wildman–Crippen MR) is 64.6 cm³/mol. The highest BCUT2D eigenvalue weighted by Gasteiger charge is 2.24. The highest BCUT2D eigenvalue weighted by Crippen LogP contribution is 2.34. The molecule has 92 valence electrons. The molecular weight excluding hydrogens is 217 g/mol. The third kappa shape index (κ3) is 2.29. The van der Waals surface area contributed by atoms with E-state index in [1.54, 1.807) is 12.1 Å². The highest BCUT2D eigenvalue weighted by atomic mass is 19.1. The van der Waals surface area contributed by atoms with Crippen molar-refractivity contribution >= 4 is 0 Å². The Labute approximate surface area is 101 Å². The summed E-state index contributed by atoms with van der Waals surface area (Å²) in [5, 5.41) is 3.40. The first-order chi connectivity index (χ1) is 8.33. The first-order valence-corrected chi connectivity index (χ1v) is 6.52. The lowest BCUT2D eigenvalue weighted by atomic mass is 9.95. The standard InChI is InChI=1S/C14H18FNO/c15-10-6-7-14(17-11-3-1-4-11)12(9-10)13-5-2-8-16-13/h6-7,9,11,13,16H,1-5,8H2. The van der Waals surface area contributed by atoms with Crippen LogP contribution in [-0.2, 0) is 0 Å². The first-order valence-electron chi connectivity index (χ1n) is 6.52. The van der Waals surface area contributed by atoms with E-state index in [-0.39, 0.29) is 11.9 Å². The van der Waals surface area contributed by atoms with Gasteiger partial charge in [-0.15, -0.1) is 0 Å². The molecular formula is C14H18FNO. The molecule has 3 rings (SSSR count). The minimum atomic E-state index is -0.172. The van der Waals surface area contributed by atoms with Crippen molar-refractivity contribution in [3.05, 3.63) is 29.6 Å². The SMILES string of the molecule is Fc1ccc(OC2CCC2)c(C2CCCN2)c1. The Morgan fingerprint density at radius 2 is 2.06 bits per heavy atom. The molecule has 1 aromatic carbocycles. The lowest BCUT2D eigenvalue weighted by Gasteiger charge is -2.28. The largest absolute Gasteiger partial charge is 0.490 e. The van der Waals surface area contributed by atoms with Gasteiger partial charge in [0.05, 0.1) is 6.10 Å². The molecule has 2 nitrogen and oxygen atoms in total. The fourth-order valence-corrected chi connectivity index (χ4v) is 2.52. The minimum absolute atomic E-state index is 0.172. The Morgan fingerprint density at radius 3 is 2.71 bits per heavy atom. The average molecular weight is 235 g/mol. The molecule has 1 aliphatic heterocycles. The first kappa shape index (κ1) is 11.0. The summed E-state index contributed by atoms with van der Waals surface area (Å²) in [6.07, 6.45) is 6.10. The van der Waals surface area contributed by atoms with Crippen molar-refractivity contribution in [2.75, 3.05) is 6.54 Å². The van der Waals surface area contributed by atoms with Gasteiger partial charge in [0.25, 0.3) is 0 Å². The summed E-state index contributed by atoms with van der Waals surface area (Å²) < 4.78 is 19.3. The van der Waals surface area contributed by atoms with E-state index in [0.29, 0.717) is 6.10 Å². The fourth-order valence-electron chi connectivity index (χ4n) is 2.52. The lowest BCUT2D eigenvalue weighted by Crippen LogP contribution is -2.26. The zero-order valence-corrected chi connectivity index (χ0v) is 9.92. The zero-order chi connectivity index (χ0) is 11.7. The van der Waals surface area contributed by atoms with Crippen LogP contribution in [0.4, 0.5) is 4.39 Å². The molecule has 3 heteroatoms. The predicted octanol–water partition coefficient (Wildman–Crippen LogP) is 3.18. The molecule has 1 atom stereocenters. The molecule has 0 spiro atoms. The van der Waals surface area contributed by atoms with Crippen LogP contribution in [0.2, 0.25) is 0 Å². The van der Waals surface area contributed by atoms with Crippen molar-refractivity contribution in [2.24, 2.45) is 0 Å². The Kier molecular flexibility index (Phi) is 3.02. The van der Waals surface area contributed by atoms with Crippen LogP contribution in [0, 0.1) is 5.82 Å². The Hall–Kier alpha value is -1.09. The van der Waals surface area contributed by atoms with Crippen molar-refractivity contribution in [2.45, 2.75) is 44.2 Å². The van der Waals surface area contributed by atoms with Crippen molar-refractivity contribution < 1.29 is 9.13 Å². The Balaban J connectivity index is 1.84. The van der Waals surface area contributed by atoms with E-state index in [1.165, 1.54) is 12.5 Å². The van der Waals surface area contributed by atoms with Crippen LogP contribution < -0.4 is 10.1 Å². The molecule has 0 radical (unpaired) electrons. The van der Waals surface area contributed by atoms with Crippen LogP contribution in [0.1, 0.15) is 43.7 Å². The van der Waals surface area contributed by atoms with Gasteiger partial charge < -0.3 is 10.1 Å². The molecule has 1 saturated carbocycles. The summed E-state index contributed by atoms with van der Waals surface area (Å²) in [5.74, 6) is 0.699.